The van der Waals surface area contributed by atoms with Crippen molar-refractivity contribution in [3.8, 4) is 11.5 Å². The lowest BCUT2D eigenvalue weighted by Gasteiger charge is -2.10. The summed E-state index contributed by atoms with van der Waals surface area (Å²) in [6, 6.07) is 3.76. The van der Waals surface area contributed by atoms with Gasteiger partial charge >= 0.3 is 0 Å². The van der Waals surface area contributed by atoms with Crippen LogP contribution in [-0.4, -0.2) is 17.6 Å². The molecular formula is C14H13NO3. The molecule has 0 N–H and O–H groups in total. The van der Waals surface area contributed by atoms with E-state index >= 15 is 0 Å². The number of pyridine rings is 1. The Morgan fingerprint density at radius 3 is 2.56 bits per heavy atom. The number of aryl methyl sites for hydroxylation is 2. The number of aromatic nitrogens is 1. The lowest BCUT2D eigenvalue weighted by atomic mass is 9.99. The first kappa shape index (κ1) is 11.0. The third kappa shape index (κ3) is 1.45. The van der Waals surface area contributed by atoms with Gasteiger partial charge in [0.05, 0.1) is 5.52 Å². The number of carbonyl (C=O) groups is 1. The minimum atomic E-state index is 0.0390. The topological polar surface area (TPSA) is 48.4 Å². The minimum Gasteiger partial charge on any atom is -0.454 e. The molecule has 2 aromatic rings. The van der Waals surface area contributed by atoms with Crippen LogP contribution in [0.1, 0.15) is 28.5 Å². The predicted octanol–water partition coefficient (Wildman–Crippen LogP) is 2.78. The molecule has 1 aliphatic rings. The number of rotatable bonds is 1. The average molecular weight is 243 g/mol. The number of nitrogens with zero attached hydrogens (tertiary/aromatic N) is 1. The monoisotopic (exact) mass is 243 g/mol. The van der Waals surface area contributed by atoms with Gasteiger partial charge in [0.2, 0.25) is 6.79 Å². The Morgan fingerprint density at radius 2 is 1.89 bits per heavy atom. The van der Waals surface area contributed by atoms with Gasteiger partial charge in [-0.05, 0) is 32.4 Å². The Kier molecular flexibility index (Phi) is 2.26. The van der Waals surface area contributed by atoms with E-state index in [1.165, 1.54) is 0 Å². The van der Waals surface area contributed by atoms with Crippen molar-refractivity contribution < 1.29 is 14.3 Å². The second-order valence-electron chi connectivity index (χ2n) is 4.48. The molecule has 0 fully saturated rings. The summed E-state index contributed by atoms with van der Waals surface area (Å²) < 4.78 is 10.7. The third-order valence-electron chi connectivity index (χ3n) is 3.27. The van der Waals surface area contributed by atoms with Crippen molar-refractivity contribution in [1.29, 1.82) is 0 Å². The van der Waals surface area contributed by atoms with E-state index in [-0.39, 0.29) is 12.6 Å². The second-order valence-corrected chi connectivity index (χ2v) is 4.48. The lowest BCUT2D eigenvalue weighted by molar-refractivity contribution is 0.101. The van der Waals surface area contributed by atoms with E-state index in [0.717, 1.165) is 22.2 Å². The van der Waals surface area contributed by atoms with Gasteiger partial charge in [-0.3, -0.25) is 9.78 Å². The fraction of sp³-hybridized carbons (Fsp3) is 0.286. The van der Waals surface area contributed by atoms with Crippen LogP contribution in [0, 0.1) is 13.8 Å². The van der Waals surface area contributed by atoms with E-state index in [1.807, 2.05) is 26.0 Å². The van der Waals surface area contributed by atoms with Gasteiger partial charge in [-0.15, -0.1) is 0 Å². The number of ether oxygens (including phenoxy) is 2. The Labute approximate surface area is 105 Å². The quantitative estimate of drug-likeness (QED) is 0.722. The number of hydrogen-bond donors (Lipinski definition) is 0. The first-order valence-electron chi connectivity index (χ1n) is 5.79. The number of carbonyl (C=O) groups excluding carboxylic acids is 1. The van der Waals surface area contributed by atoms with E-state index < -0.39 is 0 Å². The molecule has 0 unspecified atom stereocenters. The van der Waals surface area contributed by atoms with Gasteiger partial charge in [-0.1, -0.05) is 0 Å². The molecule has 0 atom stereocenters. The van der Waals surface area contributed by atoms with Gasteiger partial charge in [0.25, 0.3) is 0 Å². The van der Waals surface area contributed by atoms with Gasteiger partial charge in [-0.25, -0.2) is 0 Å². The highest BCUT2D eigenvalue weighted by atomic mass is 16.7. The minimum absolute atomic E-state index is 0.0390. The highest BCUT2D eigenvalue weighted by Crippen LogP contribution is 2.37. The maximum atomic E-state index is 11.7. The van der Waals surface area contributed by atoms with E-state index in [1.54, 1.807) is 6.92 Å². The molecule has 0 spiro atoms. The normalized spacial score (nSPS) is 13.1. The molecule has 1 aromatic carbocycles. The lowest BCUT2D eigenvalue weighted by Crippen LogP contribution is -2.03. The average Bonchev–Trinajstić information content (AvgIpc) is 2.73. The summed E-state index contributed by atoms with van der Waals surface area (Å²) in [6.07, 6.45) is 0. The van der Waals surface area contributed by atoms with E-state index in [9.17, 15) is 4.79 Å². The number of hydrogen-bond acceptors (Lipinski definition) is 4. The zero-order valence-corrected chi connectivity index (χ0v) is 10.5. The maximum Gasteiger partial charge on any atom is 0.231 e. The molecule has 4 heteroatoms. The fourth-order valence-electron chi connectivity index (χ4n) is 2.49. The SMILES string of the molecule is CC(=O)c1c(C)nc2cc3c(cc2c1C)OCO3. The third-order valence-corrected chi connectivity index (χ3v) is 3.27. The van der Waals surface area contributed by atoms with Crippen molar-refractivity contribution in [2.75, 3.05) is 6.79 Å². The standard InChI is InChI=1S/C14H13NO3/c1-7-10-4-12-13(18-6-17-12)5-11(10)15-8(2)14(7)9(3)16/h4-5H,6H2,1-3H3. The van der Waals surface area contributed by atoms with Crippen LogP contribution in [0.4, 0.5) is 0 Å². The van der Waals surface area contributed by atoms with Crippen LogP contribution < -0.4 is 9.47 Å². The Morgan fingerprint density at radius 1 is 1.22 bits per heavy atom. The number of Topliss-reactive ketones (excluding diaryl/α,β-unsaturated/α-hetero) is 1. The number of benzene rings is 1. The second kappa shape index (κ2) is 3.70. The van der Waals surface area contributed by atoms with Crippen molar-refractivity contribution in [1.82, 2.24) is 4.98 Å². The van der Waals surface area contributed by atoms with Crippen LogP contribution in [0.2, 0.25) is 0 Å². The van der Waals surface area contributed by atoms with Gasteiger partial charge in [0.1, 0.15) is 0 Å². The first-order chi connectivity index (χ1) is 8.58. The molecule has 1 aromatic heterocycles. The zero-order valence-electron chi connectivity index (χ0n) is 10.5. The molecule has 18 heavy (non-hydrogen) atoms. The summed E-state index contributed by atoms with van der Waals surface area (Å²) in [5.41, 5.74) is 3.23. The summed E-state index contributed by atoms with van der Waals surface area (Å²) >= 11 is 0. The molecule has 2 heterocycles. The first-order valence-corrected chi connectivity index (χ1v) is 5.79. The summed E-state index contributed by atoms with van der Waals surface area (Å²) in [7, 11) is 0. The predicted molar refractivity (Wildman–Crippen MR) is 67.3 cm³/mol. The van der Waals surface area contributed by atoms with E-state index in [4.69, 9.17) is 9.47 Å². The van der Waals surface area contributed by atoms with E-state index in [2.05, 4.69) is 4.98 Å². The maximum absolute atomic E-state index is 11.7. The molecule has 4 nitrogen and oxygen atoms in total. The zero-order chi connectivity index (χ0) is 12.9. The Hall–Kier alpha value is -2.10. The molecule has 0 radical (unpaired) electrons. The summed E-state index contributed by atoms with van der Waals surface area (Å²) in [5.74, 6) is 1.46. The van der Waals surface area contributed by atoms with Crippen LogP contribution in [0.3, 0.4) is 0 Å². The van der Waals surface area contributed by atoms with Crippen molar-refractivity contribution in [2.24, 2.45) is 0 Å². The molecule has 1 aliphatic heterocycles. The molecule has 0 saturated heterocycles. The van der Waals surface area contributed by atoms with Gasteiger partial charge in [-0.2, -0.15) is 0 Å². The van der Waals surface area contributed by atoms with Crippen LogP contribution in [0.15, 0.2) is 12.1 Å². The van der Waals surface area contributed by atoms with Crippen molar-refractivity contribution in [3.05, 3.63) is 29.0 Å². The van der Waals surface area contributed by atoms with Crippen LogP contribution >= 0.6 is 0 Å². The highest BCUT2D eigenvalue weighted by Gasteiger charge is 2.18. The van der Waals surface area contributed by atoms with Crippen molar-refractivity contribution >= 4 is 16.7 Å². The fourth-order valence-corrected chi connectivity index (χ4v) is 2.49. The Bertz CT molecular complexity index is 677. The molecule has 0 aliphatic carbocycles. The highest BCUT2D eigenvalue weighted by molar-refractivity contribution is 6.01. The van der Waals surface area contributed by atoms with Gasteiger partial charge in [0.15, 0.2) is 17.3 Å². The van der Waals surface area contributed by atoms with Crippen molar-refractivity contribution in [3.63, 3.8) is 0 Å². The molecule has 3 rings (SSSR count). The smallest absolute Gasteiger partial charge is 0.231 e. The van der Waals surface area contributed by atoms with Gasteiger partial charge in [0, 0.05) is 22.7 Å². The van der Waals surface area contributed by atoms with Crippen molar-refractivity contribution in [2.45, 2.75) is 20.8 Å². The summed E-state index contributed by atoms with van der Waals surface area (Å²) in [5, 5.41) is 0.940. The molecule has 0 amide bonds. The molecule has 0 bridgehead atoms. The van der Waals surface area contributed by atoms with Crippen LogP contribution in [0.25, 0.3) is 10.9 Å². The summed E-state index contributed by atoms with van der Waals surface area (Å²) in [6.45, 7) is 5.60. The number of ketones is 1. The largest absolute Gasteiger partial charge is 0.454 e. The van der Waals surface area contributed by atoms with Gasteiger partial charge < -0.3 is 9.47 Å². The number of fused-ring (bicyclic) bond motifs is 2. The van der Waals surface area contributed by atoms with E-state index in [0.29, 0.717) is 17.1 Å². The van der Waals surface area contributed by atoms with Crippen LogP contribution in [-0.2, 0) is 0 Å². The molecule has 92 valence electrons. The summed E-state index contributed by atoms with van der Waals surface area (Å²) in [4.78, 5) is 16.1. The molecule has 0 saturated carbocycles. The Balaban J connectivity index is 2.38. The molecular weight excluding hydrogens is 230 g/mol. The van der Waals surface area contributed by atoms with Crippen LogP contribution in [0.5, 0.6) is 11.5 Å².